The highest BCUT2D eigenvalue weighted by Gasteiger charge is 2.13. The van der Waals surface area contributed by atoms with Crippen LogP contribution in [0.2, 0.25) is 0 Å². The van der Waals surface area contributed by atoms with Crippen LogP contribution in [0.4, 0.5) is 8.78 Å². The van der Waals surface area contributed by atoms with Gasteiger partial charge in [-0.15, -0.1) is 0 Å². The van der Waals surface area contributed by atoms with E-state index in [0.717, 1.165) is 6.07 Å². The Morgan fingerprint density at radius 3 is 2.64 bits per heavy atom. The molecule has 0 aromatic heterocycles. The number of carboxylic acids is 1. The number of hydrogen-bond donors (Lipinski definition) is 1. The predicted molar refractivity (Wildman–Crippen MR) is 50.0 cm³/mol. The van der Waals surface area contributed by atoms with Crippen LogP contribution in [0.5, 0.6) is 0 Å². The van der Waals surface area contributed by atoms with E-state index >= 15 is 0 Å². The summed E-state index contributed by atoms with van der Waals surface area (Å²) < 4.78 is 26.4. The number of rotatable bonds is 3. The summed E-state index contributed by atoms with van der Waals surface area (Å²) in [5, 5.41) is 8.37. The third-order valence-electron chi connectivity index (χ3n) is 1.73. The fraction of sp³-hybridized carbons (Fsp3) is 0.222. The first-order valence-electron chi connectivity index (χ1n) is 3.86. The van der Waals surface area contributed by atoms with Crippen LogP contribution in [-0.4, -0.2) is 11.1 Å². The summed E-state index contributed by atoms with van der Waals surface area (Å²) >= 11 is 2.90. The van der Waals surface area contributed by atoms with Crippen LogP contribution in [-0.2, 0) is 11.2 Å². The average Bonchev–Trinajstić information content (AvgIpc) is 2.11. The number of hydrogen-bond acceptors (Lipinski definition) is 1. The van der Waals surface area contributed by atoms with Gasteiger partial charge in [0.2, 0.25) is 0 Å². The molecule has 1 aromatic carbocycles. The quantitative estimate of drug-likeness (QED) is 0.853. The van der Waals surface area contributed by atoms with Crippen molar-refractivity contribution < 1.29 is 18.7 Å². The minimum Gasteiger partial charge on any atom is -0.481 e. The van der Waals surface area contributed by atoms with Crippen molar-refractivity contribution >= 4 is 21.9 Å². The van der Waals surface area contributed by atoms with Gasteiger partial charge in [-0.3, -0.25) is 4.79 Å². The van der Waals surface area contributed by atoms with Gasteiger partial charge in [-0.25, -0.2) is 8.78 Å². The molecule has 5 heteroatoms. The molecule has 0 radical (unpaired) electrons. The lowest BCUT2D eigenvalue weighted by molar-refractivity contribution is -0.136. The molecule has 14 heavy (non-hydrogen) atoms. The first-order chi connectivity index (χ1) is 6.52. The maximum atomic E-state index is 13.2. The van der Waals surface area contributed by atoms with Crippen LogP contribution < -0.4 is 0 Å². The van der Waals surface area contributed by atoms with Gasteiger partial charge >= 0.3 is 5.97 Å². The van der Waals surface area contributed by atoms with Gasteiger partial charge in [-0.05, 0) is 34.5 Å². The Morgan fingerprint density at radius 2 is 2.07 bits per heavy atom. The third-order valence-corrected chi connectivity index (χ3v) is 2.34. The van der Waals surface area contributed by atoms with Gasteiger partial charge in [0.1, 0.15) is 11.6 Å². The fourth-order valence-electron chi connectivity index (χ4n) is 1.03. The Kier molecular flexibility index (Phi) is 3.57. The molecule has 1 N–H and O–H groups in total. The molecule has 0 amide bonds. The second-order valence-electron chi connectivity index (χ2n) is 2.72. The normalized spacial score (nSPS) is 10.2. The summed E-state index contributed by atoms with van der Waals surface area (Å²) in [5.41, 5.74) is -0.193. The molecule has 76 valence electrons. The molecule has 0 heterocycles. The first kappa shape index (κ1) is 11.1. The predicted octanol–water partition coefficient (Wildman–Crippen LogP) is 2.74. The molecule has 0 unspecified atom stereocenters. The van der Waals surface area contributed by atoms with E-state index in [2.05, 4.69) is 15.9 Å². The second kappa shape index (κ2) is 4.50. The van der Waals surface area contributed by atoms with Crippen LogP contribution >= 0.6 is 15.9 Å². The van der Waals surface area contributed by atoms with E-state index in [0.29, 0.717) is 0 Å². The number of halogens is 3. The van der Waals surface area contributed by atoms with E-state index in [9.17, 15) is 13.6 Å². The fourth-order valence-corrected chi connectivity index (χ4v) is 1.40. The lowest BCUT2D eigenvalue weighted by atomic mass is 10.1. The van der Waals surface area contributed by atoms with Crippen molar-refractivity contribution in [3.63, 3.8) is 0 Å². The molecule has 0 fully saturated rings. The van der Waals surface area contributed by atoms with Crippen LogP contribution in [0.1, 0.15) is 12.0 Å². The number of carbonyl (C=O) groups is 1. The van der Waals surface area contributed by atoms with E-state index in [4.69, 9.17) is 5.11 Å². The molecule has 0 aliphatic heterocycles. The number of aliphatic carboxylic acids is 1. The van der Waals surface area contributed by atoms with Gasteiger partial charge in [-0.1, -0.05) is 0 Å². The molecule has 0 atom stereocenters. The molecule has 0 spiro atoms. The zero-order valence-electron chi connectivity index (χ0n) is 7.06. The monoisotopic (exact) mass is 264 g/mol. The number of benzene rings is 1. The summed E-state index contributed by atoms with van der Waals surface area (Å²) in [6, 6.07) is 2.35. The van der Waals surface area contributed by atoms with Gasteiger partial charge in [0, 0.05) is 12.0 Å². The summed E-state index contributed by atoms with van der Waals surface area (Å²) in [7, 11) is 0. The molecule has 0 saturated heterocycles. The molecule has 0 aliphatic carbocycles. The maximum Gasteiger partial charge on any atom is 0.303 e. The minimum absolute atomic E-state index is 0.138. The Labute approximate surface area is 87.7 Å². The van der Waals surface area contributed by atoms with E-state index < -0.39 is 17.6 Å². The number of carboxylic acid groups (broad SMARTS) is 1. The topological polar surface area (TPSA) is 37.3 Å². The van der Waals surface area contributed by atoms with Gasteiger partial charge in [0.05, 0.1) is 4.47 Å². The third kappa shape index (κ3) is 2.51. The summed E-state index contributed by atoms with van der Waals surface area (Å²) in [6.07, 6.45) is -0.434. The van der Waals surface area contributed by atoms with Crippen LogP contribution in [0.3, 0.4) is 0 Å². The zero-order valence-corrected chi connectivity index (χ0v) is 8.64. The molecule has 1 rings (SSSR count). The van der Waals surface area contributed by atoms with E-state index in [1.165, 1.54) is 6.07 Å². The molecule has 1 aromatic rings. The SMILES string of the molecule is O=C(O)CCc1c(F)ccc(Br)c1F. The van der Waals surface area contributed by atoms with Crippen molar-refractivity contribution in [2.24, 2.45) is 0 Å². The Bertz CT molecular complexity index is 366. The lowest BCUT2D eigenvalue weighted by Gasteiger charge is -2.04. The highest BCUT2D eigenvalue weighted by Crippen LogP contribution is 2.22. The van der Waals surface area contributed by atoms with Crippen molar-refractivity contribution in [1.82, 2.24) is 0 Å². The molecular formula is C9H7BrF2O2. The van der Waals surface area contributed by atoms with Gasteiger partial charge < -0.3 is 5.11 Å². The van der Waals surface area contributed by atoms with Gasteiger partial charge in [-0.2, -0.15) is 0 Å². The highest BCUT2D eigenvalue weighted by atomic mass is 79.9. The lowest BCUT2D eigenvalue weighted by Crippen LogP contribution is -2.02. The molecule has 0 saturated carbocycles. The standard InChI is InChI=1S/C9H7BrF2O2/c10-6-2-3-7(11)5(9(6)12)1-4-8(13)14/h2-3H,1,4H2,(H,13,14). The Balaban J connectivity index is 2.95. The van der Waals surface area contributed by atoms with Crippen LogP contribution in [0, 0.1) is 11.6 Å². The van der Waals surface area contributed by atoms with Crippen molar-refractivity contribution in [3.05, 3.63) is 33.8 Å². The largest absolute Gasteiger partial charge is 0.481 e. The van der Waals surface area contributed by atoms with Gasteiger partial charge in [0.15, 0.2) is 0 Å². The van der Waals surface area contributed by atoms with E-state index in [1.807, 2.05) is 0 Å². The van der Waals surface area contributed by atoms with E-state index in [-0.39, 0.29) is 22.9 Å². The maximum absolute atomic E-state index is 13.2. The Morgan fingerprint density at radius 1 is 1.43 bits per heavy atom. The minimum atomic E-state index is -1.08. The van der Waals surface area contributed by atoms with Crippen molar-refractivity contribution in [2.75, 3.05) is 0 Å². The van der Waals surface area contributed by atoms with Crippen LogP contribution in [0.15, 0.2) is 16.6 Å². The first-order valence-corrected chi connectivity index (χ1v) is 4.66. The Hall–Kier alpha value is -0.970. The van der Waals surface area contributed by atoms with Crippen molar-refractivity contribution in [3.8, 4) is 0 Å². The van der Waals surface area contributed by atoms with Crippen molar-refractivity contribution in [2.45, 2.75) is 12.8 Å². The van der Waals surface area contributed by atoms with E-state index in [1.54, 1.807) is 0 Å². The summed E-state index contributed by atoms with van der Waals surface area (Å²) in [6.45, 7) is 0. The van der Waals surface area contributed by atoms with Crippen molar-refractivity contribution in [1.29, 1.82) is 0 Å². The van der Waals surface area contributed by atoms with Crippen LogP contribution in [0.25, 0.3) is 0 Å². The molecule has 2 nitrogen and oxygen atoms in total. The summed E-state index contributed by atoms with van der Waals surface area (Å²) in [5.74, 6) is -2.53. The highest BCUT2D eigenvalue weighted by molar-refractivity contribution is 9.10. The summed E-state index contributed by atoms with van der Waals surface area (Å²) in [4.78, 5) is 10.2. The molecule has 0 aliphatic rings. The smallest absolute Gasteiger partial charge is 0.303 e. The second-order valence-corrected chi connectivity index (χ2v) is 3.57. The molecule has 0 bridgehead atoms. The average molecular weight is 265 g/mol. The zero-order chi connectivity index (χ0) is 10.7. The van der Waals surface area contributed by atoms with Gasteiger partial charge in [0.25, 0.3) is 0 Å². The molecular weight excluding hydrogens is 258 g/mol.